The Morgan fingerprint density at radius 1 is 1.31 bits per heavy atom. The Morgan fingerprint density at radius 3 is 2.69 bits per heavy atom. The molecule has 0 spiro atoms. The number of anilines is 1. The van der Waals surface area contributed by atoms with E-state index in [9.17, 15) is 8.42 Å². The first-order valence-electron chi connectivity index (χ1n) is 4.91. The van der Waals surface area contributed by atoms with Gasteiger partial charge in [-0.25, -0.2) is 8.42 Å². The van der Waals surface area contributed by atoms with Crippen molar-refractivity contribution in [2.75, 3.05) is 23.9 Å². The second kappa shape index (κ2) is 3.86. The topological polar surface area (TPSA) is 55.8 Å². The first-order valence-corrected chi connectivity index (χ1v) is 6.52. The van der Waals surface area contributed by atoms with Crippen molar-refractivity contribution >= 4 is 15.7 Å². The van der Waals surface area contributed by atoms with Gasteiger partial charge in [0.15, 0.2) is 11.5 Å². The largest absolute Gasteiger partial charge is 0.454 e. The summed E-state index contributed by atoms with van der Waals surface area (Å²) in [6, 6.07) is 5.07. The molecule has 0 aromatic heterocycles. The Hall–Kier alpha value is -1.43. The van der Waals surface area contributed by atoms with Crippen molar-refractivity contribution in [2.45, 2.75) is 6.92 Å². The number of ether oxygens (including phenoxy) is 2. The standard InChI is InChI=1S/C10H13NO4S/c1-3-16(12,13)11(2)8-4-5-9-10(6-8)15-7-14-9/h4-6H,3,7H2,1-2H3. The molecule has 88 valence electrons. The van der Waals surface area contributed by atoms with Gasteiger partial charge in [-0.1, -0.05) is 0 Å². The molecule has 0 saturated carbocycles. The van der Waals surface area contributed by atoms with Gasteiger partial charge in [-0.3, -0.25) is 4.31 Å². The van der Waals surface area contributed by atoms with E-state index in [1.54, 1.807) is 25.1 Å². The van der Waals surface area contributed by atoms with Crippen LogP contribution in [0.3, 0.4) is 0 Å². The third-order valence-electron chi connectivity index (χ3n) is 2.50. The maximum atomic E-state index is 11.7. The predicted molar refractivity (Wildman–Crippen MR) is 60.4 cm³/mol. The van der Waals surface area contributed by atoms with Gasteiger partial charge in [0.2, 0.25) is 16.8 Å². The smallest absolute Gasteiger partial charge is 0.234 e. The normalized spacial score (nSPS) is 13.9. The minimum absolute atomic E-state index is 0.0674. The van der Waals surface area contributed by atoms with Crippen LogP contribution in [0.1, 0.15) is 6.92 Å². The highest BCUT2D eigenvalue weighted by Crippen LogP contribution is 2.35. The van der Waals surface area contributed by atoms with Crippen LogP contribution in [0.4, 0.5) is 5.69 Å². The molecule has 16 heavy (non-hydrogen) atoms. The third kappa shape index (κ3) is 1.80. The molecule has 0 fully saturated rings. The zero-order valence-corrected chi connectivity index (χ0v) is 9.95. The van der Waals surface area contributed by atoms with Crippen LogP contribution in [-0.2, 0) is 10.0 Å². The summed E-state index contributed by atoms with van der Waals surface area (Å²) in [5, 5.41) is 0. The van der Waals surface area contributed by atoms with E-state index in [-0.39, 0.29) is 12.5 Å². The summed E-state index contributed by atoms with van der Waals surface area (Å²) in [5.74, 6) is 1.29. The molecule has 1 aromatic carbocycles. The van der Waals surface area contributed by atoms with Gasteiger partial charge in [0, 0.05) is 13.1 Å². The highest BCUT2D eigenvalue weighted by Gasteiger charge is 2.19. The van der Waals surface area contributed by atoms with Gasteiger partial charge < -0.3 is 9.47 Å². The van der Waals surface area contributed by atoms with Crippen LogP contribution in [0, 0.1) is 0 Å². The van der Waals surface area contributed by atoms with Gasteiger partial charge in [-0.2, -0.15) is 0 Å². The molecule has 0 N–H and O–H groups in total. The highest BCUT2D eigenvalue weighted by molar-refractivity contribution is 7.92. The molecule has 1 aromatic rings. The van der Waals surface area contributed by atoms with Crippen molar-refractivity contribution in [3.8, 4) is 11.5 Å². The lowest BCUT2D eigenvalue weighted by Gasteiger charge is -2.18. The third-order valence-corrected chi connectivity index (χ3v) is 4.28. The number of rotatable bonds is 3. The van der Waals surface area contributed by atoms with E-state index in [0.717, 1.165) is 0 Å². The summed E-state index contributed by atoms with van der Waals surface area (Å²) in [6.45, 7) is 1.79. The zero-order chi connectivity index (χ0) is 11.8. The van der Waals surface area contributed by atoms with Crippen molar-refractivity contribution in [2.24, 2.45) is 0 Å². The Balaban J connectivity index is 2.35. The van der Waals surface area contributed by atoms with Crippen LogP contribution in [0.5, 0.6) is 11.5 Å². The molecule has 0 amide bonds. The number of nitrogens with zero attached hydrogens (tertiary/aromatic N) is 1. The van der Waals surface area contributed by atoms with Gasteiger partial charge in [0.05, 0.1) is 11.4 Å². The molecular formula is C10H13NO4S. The molecule has 1 aliphatic heterocycles. The lowest BCUT2D eigenvalue weighted by molar-refractivity contribution is 0.174. The number of hydrogen-bond donors (Lipinski definition) is 0. The second-order valence-corrected chi connectivity index (χ2v) is 5.69. The highest BCUT2D eigenvalue weighted by atomic mass is 32.2. The molecular weight excluding hydrogens is 230 g/mol. The monoisotopic (exact) mass is 243 g/mol. The fraction of sp³-hybridized carbons (Fsp3) is 0.400. The molecule has 1 aliphatic rings. The fourth-order valence-electron chi connectivity index (χ4n) is 1.44. The van der Waals surface area contributed by atoms with Crippen LogP contribution in [0.25, 0.3) is 0 Å². The van der Waals surface area contributed by atoms with E-state index in [1.165, 1.54) is 11.4 Å². The van der Waals surface area contributed by atoms with E-state index >= 15 is 0 Å². The summed E-state index contributed by atoms with van der Waals surface area (Å²) >= 11 is 0. The van der Waals surface area contributed by atoms with E-state index in [2.05, 4.69) is 0 Å². The van der Waals surface area contributed by atoms with E-state index in [1.807, 2.05) is 0 Å². The lowest BCUT2D eigenvalue weighted by Crippen LogP contribution is -2.27. The van der Waals surface area contributed by atoms with Crippen molar-refractivity contribution in [1.82, 2.24) is 0 Å². The molecule has 0 radical (unpaired) electrons. The van der Waals surface area contributed by atoms with Gasteiger partial charge in [0.25, 0.3) is 0 Å². The molecule has 0 atom stereocenters. The van der Waals surface area contributed by atoms with Crippen molar-refractivity contribution in [3.05, 3.63) is 18.2 Å². The summed E-state index contributed by atoms with van der Waals surface area (Å²) in [4.78, 5) is 0. The SMILES string of the molecule is CCS(=O)(=O)N(C)c1ccc2c(c1)OCO2. The van der Waals surface area contributed by atoms with Crippen LogP contribution >= 0.6 is 0 Å². The molecule has 2 rings (SSSR count). The Labute approximate surface area is 94.6 Å². The van der Waals surface area contributed by atoms with Gasteiger partial charge in [0.1, 0.15) is 0 Å². The number of fused-ring (bicyclic) bond motifs is 1. The summed E-state index contributed by atoms with van der Waals surface area (Å²) in [5.41, 5.74) is 0.575. The molecule has 6 heteroatoms. The van der Waals surface area contributed by atoms with E-state index < -0.39 is 10.0 Å². The van der Waals surface area contributed by atoms with Crippen molar-refractivity contribution < 1.29 is 17.9 Å². The number of hydrogen-bond acceptors (Lipinski definition) is 4. The average molecular weight is 243 g/mol. The fourth-order valence-corrected chi connectivity index (χ4v) is 2.26. The minimum Gasteiger partial charge on any atom is -0.454 e. The van der Waals surface area contributed by atoms with Crippen LogP contribution in [0.15, 0.2) is 18.2 Å². The summed E-state index contributed by atoms with van der Waals surface area (Å²) in [7, 11) is -1.71. The maximum absolute atomic E-state index is 11.7. The Morgan fingerprint density at radius 2 is 2.00 bits per heavy atom. The first kappa shape index (κ1) is 11.1. The summed E-state index contributed by atoms with van der Waals surface area (Å²) < 4.78 is 34.9. The number of sulfonamides is 1. The number of benzene rings is 1. The molecule has 0 unspecified atom stereocenters. The van der Waals surface area contributed by atoms with Gasteiger partial charge in [-0.05, 0) is 19.1 Å². The molecule has 1 heterocycles. The van der Waals surface area contributed by atoms with E-state index in [0.29, 0.717) is 17.2 Å². The van der Waals surface area contributed by atoms with Crippen molar-refractivity contribution in [1.29, 1.82) is 0 Å². The van der Waals surface area contributed by atoms with E-state index in [4.69, 9.17) is 9.47 Å². The zero-order valence-electron chi connectivity index (χ0n) is 9.13. The second-order valence-electron chi connectivity index (χ2n) is 3.41. The lowest BCUT2D eigenvalue weighted by atomic mass is 10.3. The molecule has 0 bridgehead atoms. The van der Waals surface area contributed by atoms with Crippen molar-refractivity contribution in [3.63, 3.8) is 0 Å². The van der Waals surface area contributed by atoms with Gasteiger partial charge in [-0.15, -0.1) is 0 Å². The van der Waals surface area contributed by atoms with Crippen LogP contribution < -0.4 is 13.8 Å². The Bertz CT molecular complexity index is 498. The minimum atomic E-state index is -3.23. The molecule has 0 aliphatic carbocycles. The maximum Gasteiger partial charge on any atom is 0.234 e. The average Bonchev–Trinajstić information content (AvgIpc) is 2.74. The van der Waals surface area contributed by atoms with Gasteiger partial charge >= 0.3 is 0 Å². The molecule has 5 nitrogen and oxygen atoms in total. The van der Waals surface area contributed by atoms with Crippen LogP contribution in [0.2, 0.25) is 0 Å². The quantitative estimate of drug-likeness (QED) is 0.800. The Kier molecular flexibility index (Phi) is 2.67. The first-order chi connectivity index (χ1) is 7.54. The molecule has 0 saturated heterocycles. The predicted octanol–water partition coefficient (Wildman–Crippen LogP) is 1.20. The van der Waals surface area contributed by atoms with Crippen LogP contribution in [-0.4, -0.2) is 28.0 Å². The summed E-state index contributed by atoms with van der Waals surface area (Å²) in [6.07, 6.45) is 0.